The zero-order valence-electron chi connectivity index (χ0n) is 14.5. The molecule has 148 valence electrons. The molecule has 5 nitrogen and oxygen atoms in total. The second kappa shape index (κ2) is 8.53. The number of nitrogens with zero attached hydrogens (tertiary/aromatic N) is 1. The first-order valence-electron chi connectivity index (χ1n) is 8.26. The lowest BCUT2D eigenvalue weighted by molar-refractivity contribution is -0.137. The first-order chi connectivity index (χ1) is 13.4. The lowest BCUT2D eigenvalue weighted by Gasteiger charge is -2.15. The summed E-state index contributed by atoms with van der Waals surface area (Å²) >= 11 is 5.94. The van der Waals surface area contributed by atoms with Crippen molar-refractivity contribution in [3.63, 3.8) is 0 Å². The number of nitrogens with one attached hydrogen (secondary N) is 1. The van der Waals surface area contributed by atoms with Gasteiger partial charge >= 0.3 is 6.18 Å². The van der Waals surface area contributed by atoms with E-state index < -0.39 is 11.7 Å². The maximum Gasteiger partial charge on any atom is 0.418 e. The van der Waals surface area contributed by atoms with E-state index >= 15 is 0 Å². The van der Waals surface area contributed by atoms with Crippen molar-refractivity contribution in [1.29, 1.82) is 0 Å². The number of aromatic nitrogens is 1. The Balaban J connectivity index is 1.75. The quantitative estimate of drug-likeness (QED) is 0.571. The summed E-state index contributed by atoms with van der Waals surface area (Å²) in [5.41, 5.74) is -0.302. The molecule has 0 saturated carbocycles. The van der Waals surface area contributed by atoms with E-state index in [4.69, 9.17) is 25.9 Å². The molecule has 0 spiro atoms. The van der Waals surface area contributed by atoms with E-state index in [1.54, 1.807) is 24.3 Å². The highest BCUT2D eigenvalue weighted by Gasteiger charge is 2.34. The summed E-state index contributed by atoms with van der Waals surface area (Å²) < 4.78 is 50.7. The van der Waals surface area contributed by atoms with Crippen molar-refractivity contribution in [2.75, 3.05) is 18.5 Å². The van der Waals surface area contributed by atoms with Crippen molar-refractivity contribution < 1.29 is 27.4 Å². The van der Waals surface area contributed by atoms with Gasteiger partial charge in [0.05, 0.1) is 24.9 Å². The number of hydrogen-bond acceptors (Lipinski definition) is 5. The third-order valence-electron chi connectivity index (χ3n) is 3.75. The first-order valence-corrected chi connectivity index (χ1v) is 8.64. The molecule has 0 saturated heterocycles. The maximum absolute atomic E-state index is 13.3. The average molecular weight is 413 g/mol. The fourth-order valence-corrected chi connectivity index (χ4v) is 2.69. The van der Waals surface area contributed by atoms with Gasteiger partial charge in [-0.2, -0.15) is 13.2 Å². The van der Waals surface area contributed by atoms with Crippen LogP contribution in [-0.2, 0) is 12.7 Å². The molecule has 1 heterocycles. The van der Waals surface area contributed by atoms with Crippen LogP contribution in [0, 0.1) is 0 Å². The Morgan fingerprint density at radius 3 is 2.71 bits per heavy atom. The van der Waals surface area contributed by atoms with Crippen LogP contribution >= 0.6 is 11.6 Å². The van der Waals surface area contributed by atoms with Gasteiger partial charge in [-0.25, -0.2) is 4.98 Å². The Bertz CT molecular complexity index is 944. The Morgan fingerprint density at radius 1 is 1.18 bits per heavy atom. The largest absolute Gasteiger partial charge is 0.491 e. The monoisotopic (exact) mass is 412 g/mol. The zero-order chi connectivity index (χ0) is 20.1. The molecular formula is C19H16ClF3N2O3. The number of aliphatic hydroxyl groups excluding tert-OH is 1. The van der Waals surface area contributed by atoms with Crippen molar-refractivity contribution in [3.8, 4) is 17.1 Å². The minimum Gasteiger partial charge on any atom is -0.491 e. The number of rotatable bonds is 7. The van der Waals surface area contributed by atoms with Crippen LogP contribution in [0.3, 0.4) is 0 Å². The number of hydrogen-bond donors (Lipinski definition) is 2. The highest BCUT2D eigenvalue weighted by atomic mass is 35.5. The third kappa shape index (κ3) is 4.96. The maximum atomic E-state index is 13.3. The highest BCUT2D eigenvalue weighted by Crippen LogP contribution is 2.37. The molecule has 9 heteroatoms. The van der Waals surface area contributed by atoms with Gasteiger partial charge in [-0.1, -0.05) is 23.7 Å². The summed E-state index contributed by atoms with van der Waals surface area (Å²) in [6.07, 6.45) is -3.09. The van der Waals surface area contributed by atoms with Gasteiger partial charge in [-0.15, -0.1) is 0 Å². The number of anilines is 1. The average Bonchev–Trinajstić information content (AvgIpc) is 3.13. The van der Waals surface area contributed by atoms with E-state index in [0.29, 0.717) is 16.3 Å². The Kier molecular flexibility index (Phi) is 6.11. The molecule has 3 rings (SSSR count). The van der Waals surface area contributed by atoms with Crippen molar-refractivity contribution in [2.45, 2.75) is 12.7 Å². The summed E-state index contributed by atoms with van der Waals surface area (Å²) in [7, 11) is 0. The van der Waals surface area contributed by atoms with Crippen LogP contribution in [0.1, 0.15) is 11.5 Å². The van der Waals surface area contributed by atoms with Crippen molar-refractivity contribution >= 4 is 17.3 Å². The van der Waals surface area contributed by atoms with Crippen LogP contribution in [0.4, 0.5) is 18.9 Å². The minimum atomic E-state index is -4.58. The molecular weight excluding hydrogens is 397 g/mol. The van der Waals surface area contributed by atoms with E-state index in [2.05, 4.69) is 10.3 Å². The molecule has 0 unspecified atom stereocenters. The van der Waals surface area contributed by atoms with Crippen LogP contribution in [0.15, 0.2) is 53.1 Å². The molecule has 0 amide bonds. The van der Waals surface area contributed by atoms with Crippen LogP contribution < -0.4 is 10.1 Å². The van der Waals surface area contributed by atoms with E-state index in [-0.39, 0.29) is 37.1 Å². The number of benzene rings is 2. The fourth-order valence-electron chi connectivity index (χ4n) is 2.50. The van der Waals surface area contributed by atoms with Gasteiger partial charge in [-0.3, -0.25) is 0 Å². The molecule has 2 aromatic carbocycles. The number of oxazole rings is 1. The van der Waals surface area contributed by atoms with E-state index in [9.17, 15) is 13.2 Å². The molecule has 1 aromatic heterocycles. The number of aliphatic hydroxyl groups is 1. The first kappa shape index (κ1) is 20.0. The minimum absolute atomic E-state index is 0.0197. The predicted octanol–water partition coefficient (Wildman–Crippen LogP) is 5.00. The molecule has 0 aliphatic heterocycles. The van der Waals surface area contributed by atoms with Crippen LogP contribution in [0.25, 0.3) is 11.3 Å². The molecule has 0 atom stereocenters. The van der Waals surface area contributed by atoms with Gasteiger partial charge in [0.25, 0.3) is 0 Å². The Hall–Kier alpha value is -2.71. The Morgan fingerprint density at radius 2 is 2.00 bits per heavy atom. The summed E-state index contributed by atoms with van der Waals surface area (Å²) in [4.78, 5) is 4.08. The summed E-state index contributed by atoms with van der Waals surface area (Å²) in [5, 5.41) is 12.0. The normalized spacial score (nSPS) is 11.5. The van der Waals surface area contributed by atoms with Crippen molar-refractivity contribution in [3.05, 3.63) is 65.1 Å². The number of halogens is 4. The lowest BCUT2D eigenvalue weighted by Crippen LogP contribution is -2.12. The fraction of sp³-hybridized carbons (Fsp3) is 0.211. The van der Waals surface area contributed by atoms with E-state index in [1.807, 2.05) is 0 Å². The summed E-state index contributed by atoms with van der Waals surface area (Å²) in [6.45, 7) is -0.423. The van der Waals surface area contributed by atoms with Crippen molar-refractivity contribution in [1.82, 2.24) is 4.98 Å². The zero-order valence-corrected chi connectivity index (χ0v) is 15.2. The molecule has 0 fully saturated rings. The molecule has 0 bridgehead atoms. The van der Waals surface area contributed by atoms with Crippen molar-refractivity contribution in [2.24, 2.45) is 0 Å². The van der Waals surface area contributed by atoms with Gasteiger partial charge in [0.15, 0.2) is 5.76 Å². The highest BCUT2D eigenvalue weighted by molar-refractivity contribution is 6.30. The van der Waals surface area contributed by atoms with E-state index in [0.717, 1.165) is 6.07 Å². The van der Waals surface area contributed by atoms with Crippen LogP contribution in [0.5, 0.6) is 5.75 Å². The van der Waals surface area contributed by atoms with Gasteiger partial charge in [0, 0.05) is 16.3 Å². The lowest BCUT2D eigenvalue weighted by atomic mass is 10.1. The van der Waals surface area contributed by atoms with Gasteiger partial charge in [0.1, 0.15) is 12.4 Å². The number of alkyl halides is 3. The second-order valence-corrected chi connectivity index (χ2v) is 6.20. The molecule has 2 N–H and O–H groups in total. The van der Waals surface area contributed by atoms with Crippen LogP contribution in [0.2, 0.25) is 5.02 Å². The van der Waals surface area contributed by atoms with E-state index in [1.165, 1.54) is 18.3 Å². The summed E-state index contributed by atoms with van der Waals surface area (Å²) in [6, 6.07) is 10.5. The topological polar surface area (TPSA) is 67.5 Å². The SMILES string of the molecule is OCCOc1ccc(NCc2ncc(-c3cccc(Cl)c3)o2)c(C(F)(F)F)c1. The van der Waals surface area contributed by atoms with Gasteiger partial charge in [-0.05, 0) is 30.3 Å². The standard InChI is InChI=1S/C19H16ClF3N2O3/c20-13-3-1-2-12(8-13)17-10-25-18(28-17)11-24-16-5-4-14(27-7-6-26)9-15(16)19(21,22)23/h1-5,8-10,24,26H,6-7,11H2. The molecule has 28 heavy (non-hydrogen) atoms. The third-order valence-corrected chi connectivity index (χ3v) is 3.98. The molecule has 3 aromatic rings. The Labute approximate surface area is 163 Å². The van der Waals surface area contributed by atoms with Gasteiger partial charge < -0.3 is 19.6 Å². The predicted molar refractivity (Wildman–Crippen MR) is 98.3 cm³/mol. The molecule has 0 aliphatic carbocycles. The molecule has 0 aliphatic rings. The smallest absolute Gasteiger partial charge is 0.418 e. The number of ether oxygens (including phenoxy) is 1. The molecule has 0 radical (unpaired) electrons. The van der Waals surface area contributed by atoms with Crippen LogP contribution in [-0.4, -0.2) is 23.3 Å². The van der Waals surface area contributed by atoms with Gasteiger partial charge in [0.2, 0.25) is 5.89 Å². The second-order valence-electron chi connectivity index (χ2n) is 5.76. The summed E-state index contributed by atoms with van der Waals surface area (Å²) in [5.74, 6) is 0.707.